The van der Waals surface area contributed by atoms with Crippen molar-refractivity contribution in [3.63, 3.8) is 0 Å². The maximum atomic E-state index is 13.5. The lowest BCUT2D eigenvalue weighted by Gasteiger charge is -2.18. The van der Waals surface area contributed by atoms with Gasteiger partial charge in [-0.25, -0.2) is 8.78 Å². The SMILES string of the molecule is O=C(Cc1ccc2c(c1)OCCO2)OCC(=O)c1cc(F)ccc1F. The molecular weight excluding hydrogens is 334 g/mol. The highest BCUT2D eigenvalue weighted by molar-refractivity contribution is 5.98. The van der Waals surface area contributed by atoms with Crippen molar-refractivity contribution in [3.05, 3.63) is 59.2 Å². The third-order valence-electron chi connectivity index (χ3n) is 3.55. The normalized spacial score (nSPS) is 12.6. The number of ketones is 1. The third kappa shape index (κ3) is 4.12. The molecule has 0 fully saturated rings. The number of Topliss-reactive ketones (excluding diaryl/α,β-unsaturated/α-hetero) is 1. The van der Waals surface area contributed by atoms with Crippen molar-refractivity contribution in [1.82, 2.24) is 0 Å². The lowest BCUT2D eigenvalue weighted by atomic mass is 10.1. The second-order valence-corrected chi connectivity index (χ2v) is 5.36. The number of rotatable bonds is 5. The van der Waals surface area contributed by atoms with Crippen LogP contribution in [0.15, 0.2) is 36.4 Å². The van der Waals surface area contributed by atoms with Crippen molar-refractivity contribution in [1.29, 1.82) is 0 Å². The number of carbonyl (C=O) groups is 2. The minimum Gasteiger partial charge on any atom is -0.486 e. The Morgan fingerprint density at radius 2 is 1.76 bits per heavy atom. The van der Waals surface area contributed by atoms with Crippen molar-refractivity contribution in [2.45, 2.75) is 6.42 Å². The molecule has 0 aliphatic carbocycles. The number of esters is 1. The number of halogens is 2. The van der Waals surface area contributed by atoms with E-state index in [9.17, 15) is 18.4 Å². The summed E-state index contributed by atoms with van der Waals surface area (Å²) in [5.74, 6) is -1.95. The zero-order chi connectivity index (χ0) is 17.8. The van der Waals surface area contributed by atoms with Gasteiger partial charge in [-0.15, -0.1) is 0 Å². The van der Waals surface area contributed by atoms with Crippen LogP contribution in [-0.2, 0) is 16.0 Å². The molecule has 0 aromatic heterocycles. The Hall–Kier alpha value is -2.96. The molecule has 3 rings (SSSR count). The fourth-order valence-electron chi connectivity index (χ4n) is 2.35. The molecule has 0 N–H and O–H groups in total. The summed E-state index contributed by atoms with van der Waals surface area (Å²) in [6.07, 6.45) is -0.0877. The van der Waals surface area contributed by atoms with Crippen LogP contribution >= 0.6 is 0 Å². The topological polar surface area (TPSA) is 61.8 Å². The molecule has 2 aromatic rings. The van der Waals surface area contributed by atoms with Gasteiger partial charge in [0.2, 0.25) is 5.78 Å². The average molecular weight is 348 g/mol. The maximum absolute atomic E-state index is 13.5. The minimum atomic E-state index is -0.866. The molecule has 0 saturated carbocycles. The lowest BCUT2D eigenvalue weighted by molar-refractivity contribution is -0.141. The highest BCUT2D eigenvalue weighted by Crippen LogP contribution is 2.30. The van der Waals surface area contributed by atoms with Gasteiger partial charge in [0.25, 0.3) is 0 Å². The molecule has 0 atom stereocenters. The van der Waals surface area contributed by atoms with Crippen LogP contribution in [0.5, 0.6) is 11.5 Å². The van der Waals surface area contributed by atoms with E-state index in [4.69, 9.17) is 14.2 Å². The van der Waals surface area contributed by atoms with E-state index in [0.29, 0.717) is 30.3 Å². The number of hydrogen-bond donors (Lipinski definition) is 0. The van der Waals surface area contributed by atoms with E-state index in [-0.39, 0.29) is 6.42 Å². The van der Waals surface area contributed by atoms with Crippen molar-refractivity contribution >= 4 is 11.8 Å². The van der Waals surface area contributed by atoms with Gasteiger partial charge < -0.3 is 14.2 Å². The van der Waals surface area contributed by atoms with Gasteiger partial charge in [-0.2, -0.15) is 0 Å². The van der Waals surface area contributed by atoms with Crippen LogP contribution in [-0.4, -0.2) is 31.6 Å². The summed E-state index contributed by atoms with van der Waals surface area (Å²) in [4.78, 5) is 23.7. The zero-order valence-corrected chi connectivity index (χ0v) is 13.1. The van der Waals surface area contributed by atoms with Gasteiger partial charge >= 0.3 is 5.97 Å². The van der Waals surface area contributed by atoms with Crippen LogP contribution in [0.4, 0.5) is 8.78 Å². The molecule has 0 bridgehead atoms. The summed E-state index contributed by atoms with van der Waals surface area (Å²) < 4.78 is 42.2. The quantitative estimate of drug-likeness (QED) is 0.614. The Kier molecular flexibility index (Phi) is 4.92. The number of benzene rings is 2. The fraction of sp³-hybridized carbons (Fsp3) is 0.222. The summed E-state index contributed by atoms with van der Waals surface area (Å²) in [6.45, 7) is 0.228. The molecule has 1 aliphatic heterocycles. The second-order valence-electron chi connectivity index (χ2n) is 5.36. The Labute approximate surface area is 142 Å². The lowest BCUT2D eigenvalue weighted by Crippen LogP contribution is -2.18. The van der Waals surface area contributed by atoms with E-state index in [0.717, 1.165) is 18.2 Å². The van der Waals surface area contributed by atoms with Gasteiger partial charge in [0.05, 0.1) is 12.0 Å². The molecule has 0 spiro atoms. The van der Waals surface area contributed by atoms with E-state index < -0.39 is 35.6 Å². The Morgan fingerprint density at radius 3 is 2.56 bits per heavy atom. The molecule has 1 aliphatic rings. The summed E-state index contributed by atoms with van der Waals surface area (Å²) in [5.41, 5.74) is 0.172. The van der Waals surface area contributed by atoms with Crippen molar-refractivity contribution in [2.75, 3.05) is 19.8 Å². The molecular formula is C18H14F2O5. The largest absolute Gasteiger partial charge is 0.486 e. The zero-order valence-electron chi connectivity index (χ0n) is 13.1. The molecule has 1 heterocycles. The molecule has 7 heteroatoms. The van der Waals surface area contributed by atoms with Gasteiger partial charge in [-0.05, 0) is 35.9 Å². The highest BCUT2D eigenvalue weighted by Gasteiger charge is 2.17. The first-order valence-electron chi connectivity index (χ1n) is 7.55. The van der Waals surface area contributed by atoms with Gasteiger partial charge in [0.1, 0.15) is 24.8 Å². The maximum Gasteiger partial charge on any atom is 0.310 e. The smallest absolute Gasteiger partial charge is 0.310 e. The Balaban J connectivity index is 1.58. The molecule has 0 saturated heterocycles. The van der Waals surface area contributed by atoms with Crippen LogP contribution < -0.4 is 9.47 Å². The first kappa shape index (κ1) is 16.9. The summed E-state index contributed by atoms with van der Waals surface area (Å²) in [6, 6.07) is 7.54. The predicted molar refractivity (Wildman–Crippen MR) is 82.8 cm³/mol. The molecule has 0 amide bonds. The van der Waals surface area contributed by atoms with Gasteiger partial charge in [0.15, 0.2) is 18.1 Å². The van der Waals surface area contributed by atoms with Crippen LogP contribution in [0, 0.1) is 11.6 Å². The summed E-state index contributed by atoms with van der Waals surface area (Å²) in [7, 11) is 0. The van der Waals surface area contributed by atoms with Crippen LogP contribution in [0.25, 0.3) is 0 Å². The first-order chi connectivity index (χ1) is 12.0. The number of hydrogen-bond acceptors (Lipinski definition) is 5. The monoisotopic (exact) mass is 348 g/mol. The van der Waals surface area contributed by atoms with E-state index in [2.05, 4.69) is 0 Å². The molecule has 5 nitrogen and oxygen atoms in total. The Bertz CT molecular complexity index is 819. The molecule has 25 heavy (non-hydrogen) atoms. The summed E-state index contributed by atoms with van der Waals surface area (Å²) in [5, 5.41) is 0. The fourth-order valence-corrected chi connectivity index (χ4v) is 2.35. The average Bonchev–Trinajstić information content (AvgIpc) is 2.61. The Morgan fingerprint density at radius 1 is 1.00 bits per heavy atom. The second kappa shape index (κ2) is 7.29. The van der Waals surface area contributed by atoms with Gasteiger partial charge in [-0.1, -0.05) is 6.07 Å². The van der Waals surface area contributed by atoms with Crippen molar-refractivity contribution in [3.8, 4) is 11.5 Å². The highest BCUT2D eigenvalue weighted by atomic mass is 19.1. The van der Waals surface area contributed by atoms with E-state index in [1.165, 1.54) is 0 Å². The molecule has 130 valence electrons. The van der Waals surface area contributed by atoms with Crippen LogP contribution in [0.2, 0.25) is 0 Å². The standard InChI is InChI=1S/C18H14F2O5/c19-12-2-3-14(20)13(9-12)15(21)10-25-18(22)8-11-1-4-16-17(7-11)24-6-5-23-16/h1-4,7,9H,5-6,8,10H2. The third-order valence-corrected chi connectivity index (χ3v) is 3.55. The minimum absolute atomic E-state index is 0.0877. The van der Waals surface area contributed by atoms with Crippen molar-refractivity contribution in [2.24, 2.45) is 0 Å². The van der Waals surface area contributed by atoms with Gasteiger partial charge in [0, 0.05) is 0 Å². The number of fused-ring (bicyclic) bond motifs is 1. The van der Waals surface area contributed by atoms with Crippen LogP contribution in [0.3, 0.4) is 0 Å². The first-order valence-corrected chi connectivity index (χ1v) is 7.55. The summed E-state index contributed by atoms with van der Waals surface area (Å²) >= 11 is 0. The number of ether oxygens (including phenoxy) is 3. The molecule has 0 unspecified atom stereocenters. The van der Waals surface area contributed by atoms with Crippen LogP contribution in [0.1, 0.15) is 15.9 Å². The van der Waals surface area contributed by atoms with E-state index in [1.807, 2.05) is 0 Å². The predicted octanol–water partition coefficient (Wildman–Crippen LogP) is 2.70. The van der Waals surface area contributed by atoms with E-state index in [1.54, 1.807) is 18.2 Å². The van der Waals surface area contributed by atoms with Crippen molar-refractivity contribution < 1.29 is 32.6 Å². The number of carbonyl (C=O) groups excluding carboxylic acids is 2. The van der Waals surface area contributed by atoms with Gasteiger partial charge in [-0.3, -0.25) is 9.59 Å². The molecule has 2 aromatic carbocycles. The molecule has 0 radical (unpaired) electrons. The van der Waals surface area contributed by atoms with E-state index >= 15 is 0 Å².